The molecule has 0 aliphatic carbocycles. The van der Waals surface area contributed by atoms with Gasteiger partial charge in [-0.25, -0.2) is 9.78 Å². The van der Waals surface area contributed by atoms with Crippen molar-refractivity contribution < 1.29 is 34.2 Å². The van der Waals surface area contributed by atoms with E-state index in [4.69, 9.17) is 21.7 Å². The fourth-order valence-corrected chi connectivity index (χ4v) is 2.82. The Bertz CT molecular complexity index is 830. The Morgan fingerprint density at radius 3 is 2.21 bits per heavy atom. The number of aliphatic carboxylic acids is 1. The summed E-state index contributed by atoms with van der Waals surface area (Å²) >= 11 is 0. The zero-order valence-corrected chi connectivity index (χ0v) is 18.4. The van der Waals surface area contributed by atoms with E-state index in [1.807, 2.05) is 0 Å². The van der Waals surface area contributed by atoms with E-state index in [9.17, 15) is 24.0 Å². The number of carboxylic acid groups (broad SMARTS) is 1. The maximum Gasteiger partial charge on any atom is 0.328 e. The highest BCUT2D eigenvalue weighted by atomic mass is 16.4. The van der Waals surface area contributed by atoms with E-state index >= 15 is 0 Å². The molecule has 5 atom stereocenters. The molecule has 0 saturated carbocycles. The molecule has 0 spiro atoms. The number of nitrogens with two attached hydrogens (primary N) is 2. The predicted molar refractivity (Wildman–Crippen MR) is 114 cm³/mol. The first-order valence-corrected chi connectivity index (χ1v) is 10.3. The number of aliphatic hydroxyl groups is 1. The van der Waals surface area contributed by atoms with Gasteiger partial charge in [-0.2, -0.15) is 0 Å². The highest BCUT2D eigenvalue weighted by molar-refractivity contribution is 5.95. The zero-order chi connectivity index (χ0) is 25.1. The monoisotopic (exact) mass is 469 g/mol. The summed E-state index contributed by atoms with van der Waals surface area (Å²) in [7, 11) is 0. The molecule has 0 aromatic carbocycles. The van der Waals surface area contributed by atoms with Crippen molar-refractivity contribution in [1.82, 2.24) is 25.9 Å². The lowest BCUT2D eigenvalue weighted by Crippen LogP contribution is -2.59. The molecule has 0 radical (unpaired) electrons. The number of hydrogen-bond acceptors (Lipinski definition) is 8. The van der Waals surface area contributed by atoms with Gasteiger partial charge >= 0.3 is 5.97 Å². The van der Waals surface area contributed by atoms with E-state index in [1.54, 1.807) is 13.8 Å². The number of primary amides is 1. The Labute approximate surface area is 189 Å². The molecule has 5 unspecified atom stereocenters. The SMILES string of the molecule is CCC(C)C(NC(=O)C(Cc1cnc[nH]1)NC(=O)C(N)CC(N)=O)C(=O)NC(CO)C(=O)O. The first-order valence-electron chi connectivity index (χ1n) is 10.3. The molecule has 10 N–H and O–H groups in total. The first kappa shape index (κ1) is 27.5. The second kappa shape index (κ2) is 13.1. The van der Waals surface area contributed by atoms with Gasteiger partial charge in [0.05, 0.1) is 25.4 Å². The Kier molecular flexibility index (Phi) is 10.9. The average Bonchev–Trinajstić information content (AvgIpc) is 3.26. The number of H-pyrrole nitrogens is 1. The van der Waals surface area contributed by atoms with Gasteiger partial charge in [-0.1, -0.05) is 20.3 Å². The number of imidazole rings is 1. The molecule has 0 bridgehead atoms. The maximum atomic E-state index is 13.0. The number of aromatic nitrogens is 2. The Hall–Kier alpha value is -3.52. The van der Waals surface area contributed by atoms with Gasteiger partial charge in [-0.15, -0.1) is 0 Å². The van der Waals surface area contributed by atoms with Crippen molar-refractivity contribution in [2.45, 2.75) is 57.3 Å². The molecule has 0 aliphatic heterocycles. The van der Waals surface area contributed by atoms with E-state index in [-0.39, 0.29) is 6.42 Å². The molecule has 14 heteroatoms. The van der Waals surface area contributed by atoms with E-state index in [0.29, 0.717) is 12.1 Å². The summed E-state index contributed by atoms with van der Waals surface area (Å²) in [6.45, 7) is 2.60. The van der Waals surface area contributed by atoms with Crippen LogP contribution in [0.1, 0.15) is 32.4 Å². The zero-order valence-electron chi connectivity index (χ0n) is 18.4. The fourth-order valence-electron chi connectivity index (χ4n) is 2.82. The quantitative estimate of drug-likeness (QED) is 0.136. The highest BCUT2D eigenvalue weighted by Gasteiger charge is 2.33. The number of aromatic amines is 1. The third-order valence-electron chi connectivity index (χ3n) is 4.96. The summed E-state index contributed by atoms with van der Waals surface area (Å²) in [4.78, 5) is 66.9. The second-order valence-corrected chi connectivity index (χ2v) is 7.57. The number of amides is 4. The van der Waals surface area contributed by atoms with Crippen molar-refractivity contribution in [3.8, 4) is 0 Å². The standard InChI is InChI=1S/C19H31N7O7/c1-3-9(2)15(18(31)25-13(7-27)19(32)33)26-17(30)12(4-10-6-22-8-23-10)24-16(29)11(20)5-14(21)28/h6,8-9,11-13,15,27H,3-5,7,20H2,1-2H3,(H2,21,28)(H,22,23)(H,24,29)(H,25,31)(H,26,30)(H,32,33). The third kappa shape index (κ3) is 8.86. The van der Waals surface area contributed by atoms with Crippen LogP contribution in [0.3, 0.4) is 0 Å². The van der Waals surface area contributed by atoms with Crippen LogP contribution >= 0.6 is 0 Å². The highest BCUT2D eigenvalue weighted by Crippen LogP contribution is 2.10. The van der Waals surface area contributed by atoms with E-state index in [0.717, 1.165) is 0 Å². The van der Waals surface area contributed by atoms with Crippen molar-refractivity contribution >= 4 is 29.6 Å². The van der Waals surface area contributed by atoms with E-state index in [2.05, 4.69) is 25.9 Å². The van der Waals surface area contributed by atoms with Crippen LogP contribution in [0.15, 0.2) is 12.5 Å². The van der Waals surface area contributed by atoms with Crippen molar-refractivity contribution in [1.29, 1.82) is 0 Å². The molecule has 4 amide bonds. The summed E-state index contributed by atoms with van der Waals surface area (Å²) in [6, 6.07) is -5.19. The Morgan fingerprint density at radius 2 is 1.73 bits per heavy atom. The predicted octanol–water partition coefficient (Wildman–Crippen LogP) is -3.27. The average molecular weight is 469 g/mol. The number of hydrogen-bond donors (Lipinski definition) is 8. The smallest absolute Gasteiger partial charge is 0.328 e. The molecule has 1 aromatic heterocycles. The van der Waals surface area contributed by atoms with Gasteiger partial charge in [0.15, 0.2) is 0 Å². The Balaban J connectivity index is 3.05. The van der Waals surface area contributed by atoms with Gasteiger partial charge in [-0.05, 0) is 5.92 Å². The van der Waals surface area contributed by atoms with Gasteiger partial charge < -0.3 is 42.6 Å². The molecule has 184 valence electrons. The minimum Gasteiger partial charge on any atom is -0.480 e. The van der Waals surface area contributed by atoms with Crippen LogP contribution in [0.5, 0.6) is 0 Å². The fraction of sp³-hybridized carbons (Fsp3) is 0.579. The van der Waals surface area contributed by atoms with Crippen LogP contribution in [-0.2, 0) is 30.4 Å². The minimum absolute atomic E-state index is 0.0376. The van der Waals surface area contributed by atoms with Crippen LogP contribution < -0.4 is 27.4 Å². The molecule has 1 aromatic rings. The number of carboxylic acids is 1. The van der Waals surface area contributed by atoms with Gasteiger partial charge in [0.25, 0.3) is 0 Å². The Morgan fingerprint density at radius 1 is 1.09 bits per heavy atom. The summed E-state index contributed by atoms with van der Waals surface area (Å²) < 4.78 is 0. The van der Waals surface area contributed by atoms with Crippen molar-refractivity contribution in [3.63, 3.8) is 0 Å². The molecule has 14 nitrogen and oxygen atoms in total. The molecular weight excluding hydrogens is 438 g/mol. The van der Waals surface area contributed by atoms with E-state index in [1.165, 1.54) is 12.5 Å². The summed E-state index contributed by atoms with van der Waals surface area (Å²) in [5.74, 6) is -5.01. The normalized spacial score (nSPS) is 15.4. The molecule has 1 heterocycles. The van der Waals surface area contributed by atoms with Gasteiger partial charge in [0, 0.05) is 18.3 Å². The summed E-state index contributed by atoms with van der Waals surface area (Å²) in [5.41, 5.74) is 11.2. The number of aliphatic hydroxyl groups excluding tert-OH is 1. The van der Waals surface area contributed by atoms with Gasteiger partial charge in [0.1, 0.15) is 18.1 Å². The van der Waals surface area contributed by atoms with Crippen LogP contribution in [-0.4, -0.2) is 80.6 Å². The molecule has 1 rings (SSSR count). The number of nitrogens with zero attached hydrogens (tertiary/aromatic N) is 1. The number of nitrogens with one attached hydrogen (secondary N) is 4. The lowest BCUT2D eigenvalue weighted by atomic mass is 9.97. The second-order valence-electron chi connectivity index (χ2n) is 7.57. The van der Waals surface area contributed by atoms with Gasteiger partial charge in [0.2, 0.25) is 23.6 Å². The molecule has 0 saturated heterocycles. The minimum atomic E-state index is -1.55. The number of carbonyl (C=O) groups excluding carboxylic acids is 4. The lowest BCUT2D eigenvalue weighted by molar-refractivity contribution is -0.143. The largest absolute Gasteiger partial charge is 0.480 e. The topological polar surface area (TPSA) is 243 Å². The van der Waals surface area contributed by atoms with Crippen molar-refractivity contribution in [2.75, 3.05) is 6.61 Å². The van der Waals surface area contributed by atoms with Crippen LogP contribution in [0.4, 0.5) is 0 Å². The van der Waals surface area contributed by atoms with Crippen LogP contribution in [0, 0.1) is 5.92 Å². The van der Waals surface area contributed by atoms with Crippen molar-refractivity contribution in [3.05, 3.63) is 18.2 Å². The van der Waals surface area contributed by atoms with Gasteiger partial charge in [-0.3, -0.25) is 19.2 Å². The van der Waals surface area contributed by atoms with Crippen LogP contribution in [0.25, 0.3) is 0 Å². The maximum absolute atomic E-state index is 13.0. The number of rotatable bonds is 14. The molecular formula is C19H31N7O7. The molecule has 0 fully saturated rings. The first-order chi connectivity index (χ1) is 15.5. The number of carbonyl (C=O) groups is 5. The van der Waals surface area contributed by atoms with Crippen molar-refractivity contribution in [2.24, 2.45) is 17.4 Å². The molecule has 0 aliphatic rings. The summed E-state index contributed by atoms with van der Waals surface area (Å²) in [5, 5.41) is 25.4. The van der Waals surface area contributed by atoms with Crippen LogP contribution in [0.2, 0.25) is 0 Å². The van der Waals surface area contributed by atoms with E-state index < -0.39 is 72.7 Å². The molecule has 33 heavy (non-hydrogen) atoms. The summed E-state index contributed by atoms with van der Waals surface area (Å²) in [6.07, 6.45) is 2.80. The lowest BCUT2D eigenvalue weighted by Gasteiger charge is -2.27. The third-order valence-corrected chi connectivity index (χ3v) is 4.96.